The molecule has 0 spiro atoms. The van der Waals surface area contributed by atoms with Crippen LogP contribution in [0.4, 0.5) is 9.52 Å². The van der Waals surface area contributed by atoms with Gasteiger partial charge >= 0.3 is 0 Å². The molecule has 1 aromatic carbocycles. The van der Waals surface area contributed by atoms with Gasteiger partial charge in [0.25, 0.3) is 0 Å². The first-order valence-corrected chi connectivity index (χ1v) is 11.2. The molecule has 3 heterocycles. The van der Waals surface area contributed by atoms with Crippen molar-refractivity contribution in [2.75, 3.05) is 25.0 Å². The molecule has 7 nitrogen and oxygen atoms in total. The number of pyridine rings is 1. The molecule has 0 bridgehead atoms. The summed E-state index contributed by atoms with van der Waals surface area (Å²) in [5.41, 5.74) is 6.09. The molecular formula is C23H24FN5O2S. The maximum atomic E-state index is 13.9. The lowest BCUT2D eigenvalue weighted by Gasteiger charge is -2.39. The van der Waals surface area contributed by atoms with Gasteiger partial charge in [-0.3, -0.25) is 19.5 Å². The van der Waals surface area contributed by atoms with Crippen molar-refractivity contribution >= 4 is 28.3 Å². The number of aromatic nitrogens is 2. The highest BCUT2D eigenvalue weighted by molar-refractivity contribution is 7.15. The molecule has 1 aliphatic rings. The first-order chi connectivity index (χ1) is 15.5. The summed E-state index contributed by atoms with van der Waals surface area (Å²) >= 11 is 1.32. The summed E-state index contributed by atoms with van der Waals surface area (Å²) in [6, 6.07) is 12.0. The first kappa shape index (κ1) is 22.0. The summed E-state index contributed by atoms with van der Waals surface area (Å²) in [6.07, 6.45) is 5.04. The van der Waals surface area contributed by atoms with Gasteiger partial charge in [0, 0.05) is 30.2 Å². The highest BCUT2D eigenvalue weighted by Gasteiger charge is 2.43. The molecule has 0 radical (unpaired) electrons. The summed E-state index contributed by atoms with van der Waals surface area (Å²) in [5, 5.41) is 3.27. The molecule has 1 unspecified atom stereocenters. The fraction of sp³-hybridized carbons (Fsp3) is 0.304. The molecule has 32 heavy (non-hydrogen) atoms. The number of nitrogens with zero attached hydrogens (tertiary/aromatic N) is 3. The molecule has 2 aromatic heterocycles. The number of benzene rings is 1. The van der Waals surface area contributed by atoms with Crippen molar-refractivity contribution in [2.24, 2.45) is 5.73 Å². The summed E-state index contributed by atoms with van der Waals surface area (Å²) in [4.78, 5) is 36.4. The molecule has 1 fully saturated rings. The van der Waals surface area contributed by atoms with Crippen molar-refractivity contribution in [3.8, 4) is 0 Å². The van der Waals surface area contributed by atoms with Crippen LogP contribution in [0.1, 0.15) is 29.0 Å². The van der Waals surface area contributed by atoms with Gasteiger partial charge in [-0.25, -0.2) is 9.37 Å². The van der Waals surface area contributed by atoms with E-state index in [-0.39, 0.29) is 18.3 Å². The molecule has 2 amide bonds. The molecule has 3 aromatic rings. The number of carbonyl (C=O) groups excluding carboxylic acids is 2. The number of primary amides is 1. The monoisotopic (exact) mass is 453 g/mol. The third-order valence-corrected chi connectivity index (χ3v) is 6.60. The van der Waals surface area contributed by atoms with Gasteiger partial charge in [-0.15, -0.1) is 11.3 Å². The van der Waals surface area contributed by atoms with E-state index < -0.39 is 11.3 Å². The Bertz CT molecular complexity index is 1110. The fourth-order valence-corrected chi connectivity index (χ4v) is 4.95. The van der Waals surface area contributed by atoms with Crippen molar-refractivity contribution < 1.29 is 14.0 Å². The van der Waals surface area contributed by atoms with Gasteiger partial charge < -0.3 is 11.1 Å². The number of hydrogen-bond donors (Lipinski definition) is 2. The maximum Gasteiger partial charge on any atom is 0.240 e. The smallest absolute Gasteiger partial charge is 0.240 e. The SMILES string of the molecule is NC(=O)C1(c2ccccn2)CCCN(CC(=O)Nc2ncc(Cc3ccccc3F)s2)C1. The third kappa shape index (κ3) is 4.84. The highest BCUT2D eigenvalue weighted by atomic mass is 32.1. The Balaban J connectivity index is 1.38. The number of halogens is 1. The average molecular weight is 454 g/mol. The molecule has 4 rings (SSSR count). The minimum Gasteiger partial charge on any atom is -0.369 e. The zero-order valence-electron chi connectivity index (χ0n) is 17.5. The highest BCUT2D eigenvalue weighted by Crippen LogP contribution is 2.33. The van der Waals surface area contributed by atoms with Crippen LogP contribution in [0.5, 0.6) is 0 Å². The van der Waals surface area contributed by atoms with Crippen LogP contribution in [-0.2, 0) is 21.4 Å². The summed E-state index contributed by atoms with van der Waals surface area (Å²) in [5.74, 6) is -0.917. The molecule has 1 aliphatic heterocycles. The second kappa shape index (κ2) is 9.54. The maximum absolute atomic E-state index is 13.9. The Kier molecular flexibility index (Phi) is 6.57. The van der Waals surface area contributed by atoms with Crippen molar-refractivity contribution in [1.29, 1.82) is 0 Å². The number of rotatable bonds is 7. The van der Waals surface area contributed by atoms with E-state index in [1.807, 2.05) is 11.0 Å². The van der Waals surface area contributed by atoms with Crippen LogP contribution in [0.2, 0.25) is 0 Å². The minimum absolute atomic E-state index is 0.115. The lowest BCUT2D eigenvalue weighted by molar-refractivity contribution is -0.127. The van der Waals surface area contributed by atoms with Crippen LogP contribution in [0.15, 0.2) is 54.9 Å². The van der Waals surface area contributed by atoms with Crippen LogP contribution in [-0.4, -0.2) is 46.3 Å². The van der Waals surface area contributed by atoms with Gasteiger partial charge in [0.2, 0.25) is 11.8 Å². The van der Waals surface area contributed by atoms with Crippen LogP contribution in [0.3, 0.4) is 0 Å². The molecule has 1 atom stereocenters. The average Bonchev–Trinajstić information content (AvgIpc) is 3.22. The summed E-state index contributed by atoms with van der Waals surface area (Å²) in [6.45, 7) is 1.14. The second-order valence-corrected chi connectivity index (χ2v) is 9.04. The van der Waals surface area contributed by atoms with E-state index in [1.165, 1.54) is 17.4 Å². The minimum atomic E-state index is -0.909. The van der Waals surface area contributed by atoms with Gasteiger partial charge in [0.1, 0.15) is 11.2 Å². The van der Waals surface area contributed by atoms with E-state index in [0.717, 1.165) is 11.3 Å². The van der Waals surface area contributed by atoms with E-state index in [2.05, 4.69) is 15.3 Å². The number of nitrogens with one attached hydrogen (secondary N) is 1. The van der Waals surface area contributed by atoms with Crippen molar-refractivity contribution in [3.05, 3.63) is 76.8 Å². The number of likely N-dealkylation sites (tertiary alicyclic amines) is 1. The summed E-state index contributed by atoms with van der Waals surface area (Å²) in [7, 11) is 0. The van der Waals surface area contributed by atoms with Gasteiger partial charge in [0.15, 0.2) is 5.13 Å². The largest absolute Gasteiger partial charge is 0.369 e. The van der Waals surface area contributed by atoms with Crippen LogP contribution >= 0.6 is 11.3 Å². The fourth-order valence-electron chi connectivity index (χ4n) is 4.10. The Morgan fingerprint density at radius 2 is 2.00 bits per heavy atom. The van der Waals surface area contributed by atoms with E-state index in [1.54, 1.807) is 42.7 Å². The molecule has 9 heteroatoms. The lowest BCUT2D eigenvalue weighted by atomic mass is 9.76. The molecular weight excluding hydrogens is 429 g/mol. The predicted octanol–water partition coefficient (Wildman–Crippen LogP) is 2.73. The van der Waals surface area contributed by atoms with Crippen LogP contribution in [0.25, 0.3) is 0 Å². The normalized spacial score (nSPS) is 18.9. The molecule has 166 valence electrons. The van der Waals surface area contributed by atoms with Gasteiger partial charge in [-0.1, -0.05) is 24.3 Å². The van der Waals surface area contributed by atoms with Crippen molar-refractivity contribution in [3.63, 3.8) is 0 Å². The Labute approximate surface area is 189 Å². The van der Waals surface area contributed by atoms with Gasteiger partial charge in [0.05, 0.1) is 12.2 Å². The quantitative estimate of drug-likeness (QED) is 0.573. The Morgan fingerprint density at radius 3 is 2.75 bits per heavy atom. The molecule has 3 N–H and O–H groups in total. The Hall–Kier alpha value is -3.17. The molecule has 0 aliphatic carbocycles. The van der Waals surface area contributed by atoms with E-state index in [4.69, 9.17) is 5.73 Å². The molecule has 1 saturated heterocycles. The van der Waals surface area contributed by atoms with Gasteiger partial charge in [-0.05, 0) is 43.1 Å². The first-order valence-electron chi connectivity index (χ1n) is 10.4. The topological polar surface area (TPSA) is 101 Å². The number of thiazole rings is 1. The number of hydrogen-bond acceptors (Lipinski definition) is 6. The Morgan fingerprint density at radius 1 is 1.19 bits per heavy atom. The van der Waals surface area contributed by atoms with Gasteiger partial charge in [-0.2, -0.15) is 0 Å². The number of carbonyl (C=O) groups is 2. The zero-order chi connectivity index (χ0) is 22.6. The number of anilines is 1. The molecule has 0 saturated carbocycles. The predicted molar refractivity (Wildman–Crippen MR) is 121 cm³/mol. The zero-order valence-corrected chi connectivity index (χ0v) is 18.3. The second-order valence-electron chi connectivity index (χ2n) is 7.92. The van der Waals surface area contributed by atoms with Crippen LogP contribution < -0.4 is 11.1 Å². The lowest BCUT2D eigenvalue weighted by Crippen LogP contribution is -2.55. The van der Waals surface area contributed by atoms with Crippen LogP contribution in [0, 0.1) is 5.82 Å². The van der Waals surface area contributed by atoms with E-state index in [0.29, 0.717) is 42.3 Å². The summed E-state index contributed by atoms with van der Waals surface area (Å²) < 4.78 is 13.9. The number of nitrogens with two attached hydrogens (primary N) is 1. The van der Waals surface area contributed by atoms with E-state index >= 15 is 0 Å². The van der Waals surface area contributed by atoms with E-state index in [9.17, 15) is 14.0 Å². The third-order valence-electron chi connectivity index (χ3n) is 5.69. The number of piperidine rings is 1. The standard InChI is InChI=1S/C23H24FN5O2S/c24-18-7-2-1-6-16(18)12-17-13-27-22(32-17)28-20(30)14-29-11-5-9-23(15-29,21(25)31)19-8-3-4-10-26-19/h1-4,6-8,10,13H,5,9,11-12,14-15H2,(H2,25,31)(H,27,28,30). The van der Waals surface area contributed by atoms with Crippen molar-refractivity contribution in [1.82, 2.24) is 14.9 Å². The number of amides is 2. The van der Waals surface area contributed by atoms with Crippen molar-refractivity contribution in [2.45, 2.75) is 24.7 Å².